The van der Waals surface area contributed by atoms with Gasteiger partial charge in [0, 0.05) is 53.0 Å². The van der Waals surface area contributed by atoms with Crippen molar-refractivity contribution in [3.05, 3.63) is 64.5 Å². The second-order valence-electron chi connectivity index (χ2n) is 6.17. The van der Waals surface area contributed by atoms with Gasteiger partial charge < -0.3 is 9.64 Å². The Labute approximate surface area is 166 Å². The molecule has 1 aliphatic heterocycles. The van der Waals surface area contributed by atoms with Crippen LogP contribution < -0.4 is 0 Å². The Morgan fingerprint density at radius 1 is 1.37 bits per heavy atom. The Bertz CT molecular complexity index is 789. The highest BCUT2D eigenvalue weighted by Gasteiger charge is 2.34. The minimum absolute atomic E-state index is 0.00928. The molecule has 0 radical (unpaired) electrons. The third kappa shape index (κ3) is 5.36. The summed E-state index contributed by atoms with van der Waals surface area (Å²) in [6.07, 6.45) is 3.95. The highest BCUT2D eigenvalue weighted by atomic mass is 32.2. The first-order valence-electron chi connectivity index (χ1n) is 8.40. The predicted molar refractivity (Wildman–Crippen MR) is 106 cm³/mol. The van der Waals surface area contributed by atoms with Crippen molar-refractivity contribution in [3.8, 4) is 0 Å². The Hall–Kier alpha value is -2.26. The van der Waals surface area contributed by atoms with E-state index < -0.39 is 4.92 Å². The summed E-state index contributed by atoms with van der Waals surface area (Å²) in [5.74, 6) is 0.745. The first-order chi connectivity index (χ1) is 13.0. The highest BCUT2D eigenvalue weighted by molar-refractivity contribution is 7.99. The number of ether oxygens (including phenoxy) is 1. The molecular formula is C18H19N3O4S2. The van der Waals surface area contributed by atoms with Crippen LogP contribution in [0.2, 0.25) is 0 Å². The molecule has 1 saturated heterocycles. The summed E-state index contributed by atoms with van der Waals surface area (Å²) in [5.41, 5.74) is 0.715. The largest absolute Gasteiger partial charge is 0.445 e. The molecule has 0 N–H and O–H groups in total. The first kappa shape index (κ1) is 19.5. The number of nitro groups is 1. The maximum Gasteiger partial charge on any atom is 0.410 e. The molecule has 1 amide bonds. The molecule has 2 atom stereocenters. The van der Waals surface area contributed by atoms with Crippen LogP contribution in [0.25, 0.3) is 0 Å². The van der Waals surface area contributed by atoms with Crippen molar-refractivity contribution < 1.29 is 14.5 Å². The number of carbonyl (C=O) groups excluding carboxylic acids is 1. The monoisotopic (exact) mass is 405 g/mol. The normalized spacial score (nSPS) is 19.1. The zero-order chi connectivity index (χ0) is 19.2. The number of hydrogen-bond donors (Lipinski definition) is 1. The molecule has 0 bridgehead atoms. The van der Waals surface area contributed by atoms with E-state index in [9.17, 15) is 14.9 Å². The van der Waals surface area contributed by atoms with Gasteiger partial charge in [-0.25, -0.2) is 4.79 Å². The number of pyridine rings is 1. The molecule has 1 aromatic carbocycles. The smallest absolute Gasteiger partial charge is 0.410 e. The Balaban J connectivity index is 1.54. The number of carbonyl (C=O) groups is 1. The quantitative estimate of drug-likeness (QED) is 0.341. The van der Waals surface area contributed by atoms with Crippen molar-refractivity contribution in [1.29, 1.82) is 0 Å². The van der Waals surface area contributed by atoms with Crippen molar-refractivity contribution in [1.82, 2.24) is 9.88 Å². The fourth-order valence-electron chi connectivity index (χ4n) is 2.84. The lowest BCUT2D eigenvalue weighted by Crippen LogP contribution is -2.37. The molecule has 3 rings (SSSR count). The lowest BCUT2D eigenvalue weighted by Gasteiger charge is -2.23. The molecular weight excluding hydrogens is 386 g/mol. The third-order valence-electron chi connectivity index (χ3n) is 4.21. The van der Waals surface area contributed by atoms with E-state index in [2.05, 4.69) is 17.6 Å². The number of non-ortho nitro benzene ring substituents is 1. The molecule has 0 saturated carbocycles. The van der Waals surface area contributed by atoms with Gasteiger partial charge in [-0.2, -0.15) is 12.6 Å². The second kappa shape index (κ2) is 9.09. The number of rotatable bonds is 6. The lowest BCUT2D eigenvalue weighted by molar-refractivity contribution is -0.384. The summed E-state index contributed by atoms with van der Waals surface area (Å²) in [5, 5.41) is 10.8. The van der Waals surface area contributed by atoms with Gasteiger partial charge in [-0.05, 0) is 36.2 Å². The number of thiol groups is 1. The molecule has 2 heterocycles. The topological polar surface area (TPSA) is 85.6 Å². The van der Waals surface area contributed by atoms with Crippen LogP contribution in [-0.2, 0) is 11.3 Å². The molecule has 1 fully saturated rings. The van der Waals surface area contributed by atoms with Crippen molar-refractivity contribution >= 4 is 36.2 Å². The van der Waals surface area contributed by atoms with Crippen LogP contribution in [0.3, 0.4) is 0 Å². The first-order valence-corrected chi connectivity index (χ1v) is 9.91. The molecule has 1 aliphatic rings. The van der Waals surface area contributed by atoms with Crippen LogP contribution in [-0.4, -0.2) is 44.5 Å². The van der Waals surface area contributed by atoms with Gasteiger partial charge >= 0.3 is 6.09 Å². The second-order valence-corrected chi connectivity index (χ2v) is 8.00. The summed E-state index contributed by atoms with van der Waals surface area (Å²) < 4.78 is 5.40. The number of hydrogen-bond acceptors (Lipinski definition) is 7. The molecule has 9 heteroatoms. The number of benzene rings is 1. The Kier molecular flexibility index (Phi) is 6.57. The number of nitro benzene ring substituents is 1. The maximum atomic E-state index is 12.5. The van der Waals surface area contributed by atoms with Crippen LogP contribution in [0.1, 0.15) is 12.0 Å². The van der Waals surface area contributed by atoms with Gasteiger partial charge in [0.2, 0.25) is 0 Å². The summed E-state index contributed by atoms with van der Waals surface area (Å²) in [6.45, 7) is 0.619. The van der Waals surface area contributed by atoms with E-state index in [-0.39, 0.29) is 29.7 Å². The number of nitrogens with zero attached hydrogens (tertiary/aromatic N) is 3. The number of aromatic nitrogens is 1. The molecule has 142 valence electrons. The maximum absolute atomic E-state index is 12.5. The molecule has 1 aromatic heterocycles. The Morgan fingerprint density at radius 3 is 2.81 bits per heavy atom. The van der Waals surface area contributed by atoms with Gasteiger partial charge in [-0.3, -0.25) is 15.1 Å². The van der Waals surface area contributed by atoms with E-state index in [1.807, 2.05) is 12.1 Å². The number of likely N-dealkylation sites (tertiary alicyclic amines) is 1. The fourth-order valence-corrected chi connectivity index (χ4v) is 4.27. The summed E-state index contributed by atoms with van der Waals surface area (Å²) in [7, 11) is 0. The fraction of sp³-hybridized carbons (Fsp3) is 0.333. The van der Waals surface area contributed by atoms with Gasteiger partial charge in [0.25, 0.3) is 5.69 Å². The van der Waals surface area contributed by atoms with Crippen LogP contribution in [0.5, 0.6) is 0 Å². The summed E-state index contributed by atoms with van der Waals surface area (Å²) >= 11 is 6.17. The van der Waals surface area contributed by atoms with Gasteiger partial charge in [0.05, 0.1) is 4.92 Å². The molecule has 7 nitrogen and oxygen atoms in total. The van der Waals surface area contributed by atoms with Gasteiger partial charge in [-0.15, -0.1) is 11.8 Å². The van der Waals surface area contributed by atoms with Gasteiger partial charge in [-0.1, -0.05) is 0 Å². The average Bonchev–Trinajstić information content (AvgIpc) is 3.06. The van der Waals surface area contributed by atoms with E-state index >= 15 is 0 Å². The molecule has 0 aliphatic carbocycles. The van der Waals surface area contributed by atoms with Crippen molar-refractivity contribution in [2.45, 2.75) is 29.2 Å². The zero-order valence-corrected chi connectivity index (χ0v) is 16.1. The summed E-state index contributed by atoms with van der Waals surface area (Å²) in [6, 6.07) is 9.89. The Morgan fingerprint density at radius 2 is 2.15 bits per heavy atom. The molecule has 0 spiro atoms. The lowest BCUT2D eigenvalue weighted by atomic mass is 10.2. The van der Waals surface area contributed by atoms with E-state index in [4.69, 9.17) is 4.74 Å². The van der Waals surface area contributed by atoms with Crippen LogP contribution in [0, 0.1) is 10.1 Å². The molecule has 2 aromatic rings. The van der Waals surface area contributed by atoms with Crippen LogP contribution in [0.15, 0.2) is 53.7 Å². The van der Waals surface area contributed by atoms with E-state index in [0.717, 1.165) is 17.1 Å². The van der Waals surface area contributed by atoms with E-state index in [1.54, 1.807) is 41.2 Å². The predicted octanol–water partition coefficient (Wildman–Crippen LogP) is 3.79. The third-order valence-corrected chi connectivity index (χ3v) is 5.71. The standard InChI is InChI=1S/C18H19N3O4S2/c22-18(25-11-13-3-5-14(6-4-13)21(23)24)20-10-16(26)8-15(20)12-27-17-2-1-7-19-9-17/h1-7,9,15-16,26H,8,10-12H2/t15-,16-/m0/s1. The average molecular weight is 406 g/mol. The van der Waals surface area contributed by atoms with Gasteiger partial charge in [0.1, 0.15) is 6.61 Å². The van der Waals surface area contributed by atoms with E-state index in [0.29, 0.717) is 12.1 Å². The SMILES string of the molecule is O=C(OCc1ccc([N+](=O)[O-])cc1)N1C[C@@H](S)C[C@H]1CSc1cccnc1. The van der Waals surface area contributed by atoms with Crippen molar-refractivity contribution in [2.75, 3.05) is 12.3 Å². The minimum Gasteiger partial charge on any atom is -0.445 e. The van der Waals surface area contributed by atoms with Crippen molar-refractivity contribution in [3.63, 3.8) is 0 Å². The minimum atomic E-state index is -0.461. The number of amides is 1. The highest BCUT2D eigenvalue weighted by Crippen LogP contribution is 2.28. The van der Waals surface area contributed by atoms with Crippen molar-refractivity contribution in [2.24, 2.45) is 0 Å². The van der Waals surface area contributed by atoms with Crippen LogP contribution in [0.4, 0.5) is 10.5 Å². The van der Waals surface area contributed by atoms with Crippen LogP contribution >= 0.6 is 24.4 Å². The molecule has 27 heavy (non-hydrogen) atoms. The summed E-state index contributed by atoms with van der Waals surface area (Å²) in [4.78, 5) is 29.6. The zero-order valence-electron chi connectivity index (χ0n) is 14.4. The van der Waals surface area contributed by atoms with E-state index in [1.165, 1.54) is 12.1 Å². The van der Waals surface area contributed by atoms with Gasteiger partial charge in [0.15, 0.2) is 0 Å². The number of thioether (sulfide) groups is 1. The molecule has 0 unspecified atom stereocenters.